The molecule has 1 aromatic carbocycles. The Morgan fingerprint density at radius 2 is 2.04 bits per heavy atom. The van der Waals surface area contributed by atoms with Crippen LogP contribution >= 0.6 is 0 Å². The molecule has 1 saturated carbocycles. The smallest absolute Gasteiger partial charge is 0.246 e. The molecular formula is C22H35N5O. The maximum Gasteiger partial charge on any atom is 0.246 e. The van der Waals surface area contributed by atoms with E-state index in [1.165, 1.54) is 31.2 Å². The lowest BCUT2D eigenvalue weighted by atomic mass is 10.1. The third-order valence-electron chi connectivity index (χ3n) is 5.75. The van der Waals surface area contributed by atoms with E-state index < -0.39 is 0 Å². The quantitative estimate of drug-likeness (QED) is 0.499. The van der Waals surface area contributed by atoms with Gasteiger partial charge in [-0.2, -0.15) is 0 Å². The molecule has 1 saturated heterocycles. The van der Waals surface area contributed by atoms with Crippen molar-refractivity contribution in [3.8, 4) is 0 Å². The van der Waals surface area contributed by atoms with Gasteiger partial charge in [-0.05, 0) is 50.3 Å². The van der Waals surface area contributed by atoms with Gasteiger partial charge in [-0.25, -0.2) is 4.99 Å². The Labute approximate surface area is 169 Å². The summed E-state index contributed by atoms with van der Waals surface area (Å²) in [5.41, 5.74) is 2.05. The average molecular weight is 386 g/mol. The van der Waals surface area contributed by atoms with Crippen molar-refractivity contribution in [1.29, 1.82) is 0 Å². The lowest BCUT2D eigenvalue weighted by Crippen LogP contribution is -2.45. The largest absolute Gasteiger partial charge is 0.357 e. The van der Waals surface area contributed by atoms with Crippen LogP contribution in [0.3, 0.4) is 0 Å². The van der Waals surface area contributed by atoms with E-state index in [2.05, 4.69) is 38.8 Å². The normalized spacial score (nSPS) is 21.1. The summed E-state index contributed by atoms with van der Waals surface area (Å²) in [6.45, 7) is 7.29. The number of amides is 1. The van der Waals surface area contributed by atoms with E-state index in [1.807, 2.05) is 25.1 Å². The Hall–Kier alpha value is -2.08. The van der Waals surface area contributed by atoms with Crippen LogP contribution in [0.25, 0.3) is 0 Å². The molecule has 154 valence electrons. The zero-order chi connectivity index (χ0) is 19.8. The monoisotopic (exact) mass is 385 g/mol. The number of aryl methyl sites for hydroxylation is 1. The molecule has 3 rings (SSSR count). The Kier molecular flexibility index (Phi) is 7.71. The number of anilines is 1. The highest BCUT2D eigenvalue weighted by Crippen LogP contribution is 2.26. The first kappa shape index (κ1) is 20.6. The van der Waals surface area contributed by atoms with Crippen molar-refractivity contribution in [3.05, 3.63) is 29.8 Å². The molecule has 1 heterocycles. The van der Waals surface area contributed by atoms with E-state index >= 15 is 0 Å². The number of hydrogen-bond donors (Lipinski definition) is 3. The van der Waals surface area contributed by atoms with Crippen LogP contribution < -0.4 is 16.0 Å². The van der Waals surface area contributed by atoms with E-state index in [-0.39, 0.29) is 12.5 Å². The molecule has 3 N–H and O–H groups in total. The molecule has 2 aliphatic rings. The highest BCUT2D eigenvalue weighted by molar-refractivity contribution is 5.94. The highest BCUT2D eigenvalue weighted by atomic mass is 16.1. The molecule has 1 amide bonds. The molecule has 0 bridgehead atoms. The maximum absolute atomic E-state index is 12.3. The standard InChI is InChI=1S/C22H35N5O/c1-3-17-8-7-9-18(14-17)25-21(28)15-24-22(23-4-2)26-19-12-13-27(16-19)20-10-5-6-11-20/h7-9,14,19-20H,3-6,10-13,15-16H2,1-2H3,(H,25,28)(H2,23,24,26). The minimum Gasteiger partial charge on any atom is -0.357 e. The SMILES string of the molecule is CCNC(=NCC(=O)Nc1cccc(CC)c1)NC1CCN(C2CCCC2)C1. The van der Waals surface area contributed by atoms with E-state index in [0.717, 1.165) is 50.2 Å². The minimum absolute atomic E-state index is 0.0931. The van der Waals surface area contributed by atoms with Crippen molar-refractivity contribution in [3.63, 3.8) is 0 Å². The number of benzene rings is 1. The van der Waals surface area contributed by atoms with Gasteiger partial charge in [0.05, 0.1) is 0 Å². The molecule has 0 radical (unpaired) electrons. The van der Waals surface area contributed by atoms with Crippen molar-refractivity contribution in [2.75, 3.05) is 31.5 Å². The van der Waals surface area contributed by atoms with Crippen LogP contribution in [0.15, 0.2) is 29.3 Å². The van der Waals surface area contributed by atoms with Crippen LogP contribution in [0.2, 0.25) is 0 Å². The third-order valence-corrected chi connectivity index (χ3v) is 5.75. The van der Waals surface area contributed by atoms with E-state index in [4.69, 9.17) is 0 Å². The lowest BCUT2D eigenvalue weighted by Gasteiger charge is -2.24. The first-order valence-electron chi connectivity index (χ1n) is 10.9. The topological polar surface area (TPSA) is 68.8 Å². The van der Waals surface area contributed by atoms with Gasteiger partial charge in [-0.3, -0.25) is 9.69 Å². The molecule has 0 aromatic heterocycles. The second kappa shape index (κ2) is 10.5. The second-order valence-electron chi connectivity index (χ2n) is 7.86. The summed E-state index contributed by atoms with van der Waals surface area (Å²) >= 11 is 0. The van der Waals surface area contributed by atoms with Crippen molar-refractivity contribution in [1.82, 2.24) is 15.5 Å². The number of aliphatic imine (C=N–C) groups is 1. The number of guanidine groups is 1. The molecule has 6 heteroatoms. The molecular weight excluding hydrogens is 350 g/mol. The Morgan fingerprint density at radius 1 is 1.21 bits per heavy atom. The molecule has 28 heavy (non-hydrogen) atoms. The van der Waals surface area contributed by atoms with Gasteiger partial charge in [0, 0.05) is 37.4 Å². The first-order chi connectivity index (χ1) is 13.7. The summed E-state index contributed by atoms with van der Waals surface area (Å²) in [4.78, 5) is 19.4. The Bertz CT molecular complexity index is 669. The average Bonchev–Trinajstić information content (AvgIpc) is 3.38. The Morgan fingerprint density at radius 3 is 2.79 bits per heavy atom. The number of likely N-dealkylation sites (tertiary alicyclic amines) is 1. The van der Waals surface area contributed by atoms with E-state index in [9.17, 15) is 4.79 Å². The molecule has 1 aliphatic heterocycles. The van der Waals surface area contributed by atoms with Gasteiger partial charge < -0.3 is 16.0 Å². The molecule has 1 unspecified atom stereocenters. The predicted molar refractivity (Wildman–Crippen MR) is 116 cm³/mol. The van der Waals surface area contributed by atoms with Gasteiger partial charge in [0.1, 0.15) is 6.54 Å². The molecule has 6 nitrogen and oxygen atoms in total. The van der Waals surface area contributed by atoms with Gasteiger partial charge in [0.15, 0.2) is 5.96 Å². The zero-order valence-corrected chi connectivity index (χ0v) is 17.3. The summed E-state index contributed by atoms with van der Waals surface area (Å²) in [5.74, 6) is 0.641. The summed E-state index contributed by atoms with van der Waals surface area (Å²) in [6.07, 6.45) is 7.53. The third kappa shape index (κ3) is 5.96. The van der Waals surface area contributed by atoms with E-state index in [0.29, 0.717) is 6.04 Å². The van der Waals surface area contributed by atoms with Crippen LogP contribution in [0.4, 0.5) is 5.69 Å². The van der Waals surface area contributed by atoms with Crippen molar-refractivity contribution >= 4 is 17.6 Å². The van der Waals surface area contributed by atoms with Crippen molar-refractivity contribution in [2.45, 2.75) is 64.5 Å². The van der Waals surface area contributed by atoms with Gasteiger partial charge in [0.25, 0.3) is 0 Å². The number of carbonyl (C=O) groups excluding carboxylic acids is 1. The fourth-order valence-electron chi connectivity index (χ4n) is 4.24. The predicted octanol–water partition coefficient (Wildman–Crippen LogP) is 2.76. The van der Waals surface area contributed by atoms with Crippen molar-refractivity contribution < 1.29 is 4.79 Å². The summed E-state index contributed by atoms with van der Waals surface area (Å²) in [5, 5.41) is 9.74. The minimum atomic E-state index is -0.0931. The molecule has 1 aliphatic carbocycles. The fraction of sp³-hybridized carbons (Fsp3) is 0.636. The number of nitrogens with one attached hydrogen (secondary N) is 3. The van der Waals surface area contributed by atoms with Gasteiger partial charge in [-0.1, -0.05) is 31.9 Å². The molecule has 1 aromatic rings. The van der Waals surface area contributed by atoms with E-state index in [1.54, 1.807) is 0 Å². The first-order valence-corrected chi connectivity index (χ1v) is 10.9. The van der Waals surface area contributed by atoms with Crippen molar-refractivity contribution in [2.24, 2.45) is 4.99 Å². The highest BCUT2D eigenvalue weighted by Gasteiger charge is 2.30. The number of rotatable bonds is 7. The summed E-state index contributed by atoms with van der Waals surface area (Å²) < 4.78 is 0. The number of carbonyl (C=O) groups is 1. The van der Waals surface area contributed by atoms with Crippen LogP contribution in [0, 0.1) is 0 Å². The van der Waals surface area contributed by atoms with Gasteiger partial charge in [0.2, 0.25) is 5.91 Å². The van der Waals surface area contributed by atoms with Crippen LogP contribution in [0.5, 0.6) is 0 Å². The summed E-state index contributed by atoms with van der Waals surface area (Å²) in [6, 6.07) is 9.15. The number of nitrogens with zero attached hydrogens (tertiary/aromatic N) is 2. The summed E-state index contributed by atoms with van der Waals surface area (Å²) in [7, 11) is 0. The van der Waals surface area contributed by atoms with Crippen LogP contribution in [-0.4, -0.2) is 55.0 Å². The Balaban J connectivity index is 1.49. The molecule has 1 atom stereocenters. The van der Waals surface area contributed by atoms with Gasteiger partial charge in [-0.15, -0.1) is 0 Å². The zero-order valence-electron chi connectivity index (χ0n) is 17.3. The number of hydrogen-bond acceptors (Lipinski definition) is 3. The fourth-order valence-corrected chi connectivity index (χ4v) is 4.24. The van der Waals surface area contributed by atoms with Crippen LogP contribution in [-0.2, 0) is 11.2 Å². The second-order valence-corrected chi connectivity index (χ2v) is 7.86. The lowest BCUT2D eigenvalue weighted by molar-refractivity contribution is -0.114. The molecule has 2 fully saturated rings. The molecule has 0 spiro atoms. The van der Waals surface area contributed by atoms with Gasteiger partial charge >= 0.3 is 0 Å². The van der Waals surface area contributed by atoms with Crippen LogP contribution in [0.1, 0.15) is 51.5 Å². The maximum atomic E-state index is 12.3.